The number of hydrogen-bond donors (Lipinski definition) is 3. The van der Waals surface area contributed by atoms with Crippen LogP contribution in [0.15, 0.2) is 154 Å². The number of pyridine rings is 3. The lowest BCUT2D eigenvalue weighted by Crippen LogP contribution is -2.33. The molecule has 0 spiro atoms. The van der Waals surface area contributed by atoms with Gasteiger partial charge in [0.25, 0.3) is 11.8 Å². The third kappa shape index (κ3) is 14.0. The van der Waals surface area contributed by atoms with Gasteiger partial charge in [0.05, 0.1) is 71.5 Å². The second-order valence-corrected chi connectivity index (χ2v) is 28.2. The second kappa shape index (κ2) is 26.5. The van der Waals surface area contributed by atoms with Gasteiger partial charge in [0, 0.05) is 75.9 Å². The fourth-order valence-corrected chi connectivity index (χ4v) is 14.7. The third-order valence-corrected chi connectivity index (χ3v) is 18.6. The number of benzene rings is 7. The van der Waals surface area contributed by atoms with Gasteiger partial charge in [-0.3, -0.25) is 19.5 Å². The fourth-order valence-electron chi connectivity index (χ4n) is 11.3. The summed E-state index contributed by atoms with van der Waals surface area (Å²) in [6.45, 7) is 4.62. The van der Waals surface area contributed by atoms with Crippen molar-refractivity contribution in [3.8, 4) is 39.4 Å². The van der Waals surface area contributed by atoms with Gasteiger partial charge in [0.2, 0.25) is 0 Å². The van der Waals surface area contributed by atoms with Crippen LogP contribution in [-0.2, 0) is 29.5 Å². The van der Waals surface area contributed by atoms with Crippen molar-refractivity contribution in [1.29, 1.82) is 5.26 Å². The van der Waals surface area contributed by atoms with Crippen molar-refractivity contribution in [3.63, 3.8) is 0 Å². The molecule has 11 aromatic rings. The Morgan fingerprint density at radius 3 is 1.16 bits per heavy atom. The molecule has 7 aromatic carbocycles. The number of nitrogens with one attached hydrogen (secondary N) is 1. The van der Waals surface area contributed by atoms with Crippen molar-refractivity contribution < 1.29 is 74.4 Å². The lowest BCUT2D eigenvalue weighted by atomic mass is 9.97. The molecule has 0 aliphatic carbocycles. The standard InChI is InChI=1S/C26H17F3N2O4S.C23H17F3N6O2S.C18H15F3N2O2S/c1-13(31-25(32)18-5-3-4-6-19(18)26(31)33)23-22(14-9-16(28)11-17(29)10-14)24(36(2,34)35)20-12-15(27)7-8-21(20)30-23;1-11(31-23-17(9-27)22(28)29-10-30-23)20-19(12-5-14(25)7-15(26)6-12)21(35(2,33)34)16-8-13(24)3-4-18(16)32-20;1-9(22)17-16(10-5-12(20)7-13(21)6-10)18(26(2,24)25)14-8-11(19)3-4-15(14)23-17/h3-13H,1-2H3;3-8,10-11H,1-2H3,(H3,28,29,30,31);3-9H,22H2,1-2H3. The van der Waals surface area contributed by atoms with E-state index in [0.717, 1.165) is 103 Å². The van der Waals surface area contributed by atoms with Crippen LogP contribution in [0.3, 0.4) is 0 Å². The van der Waals surface area contributed by atoms with Gasteiger partial charge in [-0.2, -0.15) is 5.26 Å². The molecular weight excluding hydrogens is 1340 g/mol. The summed E-state index contributed by atoms with van der Waals surface area (Å²) in [5, 5.41) is 12.2. The van der Waals surface area contributed by atoms with E-state index in [1.807, 2.05) is 6.07 Å². The number of nitrogen functional groups attached to an aromatic ring is 1. The first-order valence-corrected chi connectivity index (χ1v) is 34.1. The van der Waals surface area contributed by atoms with Crippen LogP contribution in [0.25, 0.3) is 66.1 Å². The van der Waals surface area contributed by atoms with Crippen LogP contribution in [-0.4, -0.2) is 85.7 Å². The lowest BCUT2D eigenvalue weighted by Gasteiger charge is -2.26. The number of aromatic nitrogens is 5. The summed E-state index contributed by atoms with van der Waals surface area (Å²) < 4.78 is 204. The van der Waals surface area contributed by atoms with E-state index in [2.05, 4.69) is 30.2 Å². The smallest absolute Gasteiger partial charge is 0.262 e. The number of nitrogens with zero attached hydrogens (tertiary/aromatic N) is 7. The quantitative estimate of drug-likeness (QED) is 0.0756. The average Bonchev–Trinajstić information content (AvgIpc) is 1.56. The summed E-state index contributed by atoms with van der Waals surface area (Å²) in [5.41, 5.74) is 11.8. The highest BCUT2D eigenvalue weighted by Gasteiger charge is 2.41. The SMILES string of the molecule is CC(N)c1nc2ccc(F)cc2c(S(C)(=O)=O)c1-c1cc(F)cc(F)c1.CC(Nc1ncnc(N)c1C#N)c1nc2ccc(F)cc2c(S(C)(=O)=O)c1-c1cc(F)cc(F)c1.CC(c1nc2ccc(F)cc2c(S(C)(=O)=O)c1-c1cc(F)cc(F)c1)N1C(=O)c2ccccc2C1=O. The molecule has 496 valence electrons. The van der Waals surface area contributed by atoms with Gasteiger partial charge >= 0.3 is 0 Å². The first-order valence-electron chi connectivity index (χ1n) is 28.4. The van der Waals surface area contributed by atoms with Gasteiger partial charge in [-0.15, -0.1) is 0 Å². The van der Waals surface area contributed by atoms with Crippen molar-refractivity contribution >= 4 is 85.7 Å². The van der Waals surface area contributed by atoms with Crippen molar-refractivity contribution in [1.82, 2.24) is 29.8 Å². The van der Waals surface area contributed by atoms with E-state index >= 15 is 0 Å². The van der Waals surface area contributed by atoms with Crippen LogP contribution >= 0.6 is 0 Å². The number of halogens is 9. The van der Waals surface area contributed by atoms with Crippen LogP contribution in [0.2, 0.25) is 0 Å². The van der Waals surface area contributed by atoms with Gasteiger partial charge in [-0.05, 0) is 141 Å². The summed E-state index contributed by atoms with van der Waals surface area (Å²) in [7, 11) is -12.1. The van der Waals surface area contributed by atoms with Gasteiger partial charge in [0.15, 0.2) is 29.5 Å². The summed E-state index contributed by atoms with van der Waals surface area (Å²) >= 11 is 0. The third-order valence-electron chi connectivity index (χ3n) is 15.1. The number of carbonyl (C=O) groups excluding carboxylic acids is 2. The molecule has 4 aromatic heterocycles. The first kappa shape index (κ1) is 69.1. The van der Waals surface area contributed by atoms with E-state index in [9.17, 15) is 79.6 Å². The van der Waals surface area contributed by atoms with Crippen molar-refractivity contribution in [3.05, 3.63) is 226 Å². The number of imide groups is 1. The van der Waals surface area contributed by atoms with Gasteiger partial charge in [-0.1, -0.05) is 12.1 Å². The zero-order chi connectivity index (χ0) is 70.7. The minimum Gasteiger partial charge on any atom is -0.382 e. The highest BCUT2D eigenvalue weighted by molar-refractivity contribution is 7.91. The van der Waals surface area contributed by atoms with E-state index in [1.165, 1.54) is 37.3 Å². The molecule has 0 bridgehead atoms. The van der Waals surface area contributed by atoms with E-state index in [-0.39, 0.29) is 121 Å². The van der Waals surface area contributed by atoms with Crippen LogP contribution in [0.5, 0.6) is 0 Å². The maximum Gasteiger partial charge on any atom is 0.262 e. The summed E-state index contributed by atoms with van der Waals surface area (Å²) in [6.07, 6.45) is 3.86. The number of nitrogens with two attached hydrogens (primary N) is 2. The van der Waals surface area contributed by atoms with Crippen LogP contribution in [0.4, 0.5) is 51.1 Å². The highest BCUT2D eigenvalue weighted by Crippen LogP contribution is 2.44. The largest absolute Gasteiger partial charge is 0.382 e. The number of sulfone groups is 3. The summed E-state index contributed by atoms with van der Waals surface area (Å²) in [5.74, 6) is -9.01. The number of anilines is 2. The zero-order valence-electron chi connectivity index (χ0n) is 51.2. The molecule has 12 rings (SSSR count). The minimum absolute atomic E-state index is 0.0246. The number of amides is 2. The van der Waals surface area contributed by atoms with Crippen LogP contribution in [0, 0.1) is 63.7 Å². The maximum absolute atomic E-state index is 14.3. The Labute approximate surface area is 546 Å². The van der Waals surface area contributed by atoms with E-state index in [0.29, 0.717) is 18.2 Å². The second-order valence-electron chi connectivity index (χ2n) is 22.3. The average molecular weight is 1390 g/mol. The predicted octanol–water partition coefficient (Wildman–Crippen LogP) is 13.0. The van der Waals surface area contributed by atoms with Gasteiger partial charge in [-0.25, -0.2) is 84.7 Å². The molecule has 1 aliphatic rings. The monoisotopic (exact) mass is 1390 g/mol. The zero-order valence-corrected chi connectivity index (χ0v) is 53.6. The molecule has 0 radical (unpaired) electrons. The molecule has 5 heterocycles. The highest BCUT2D eigenvalue weighted by atomic mass is 32.2. The van der Waals surface area contributed by atoms with Crippen molar-refractivity contribution in [2.45, 2.75) is 53.6 Å². The van der Waals surface area contributed by atoms with E-state index in [4.69, 9.17) is 11.5 Å². The van der Waals surface area contributed by atoms with E-state index < -0.39 is 117 Å². The molecule has 2 amide bonds. The topological polar surface area (TPSA) is 292 Å². The fraction of sp³-hybridized carbons (Fsp3) is 0.134. The molecule has 1 aliphatic heterocycles. The predicted molar refractivity (Wildman–Crippen MR) is 342 cm³/mol. The molecule has 0 saturated heterocycles. The number of nitriles is 1. The summed E-state index contributed by atoms with van der Waals surface area (Å²) in [6, 6.07) is 23.2. The Hall–Kier alpha value is -10.7. The Balaban J connectivity index is 0.000000160. The minimum atomic E-state index is -4.15. The summed E-state index contributed by atoms with van der Waals surface area (Å²) in [4.78, 5) is 47.3. The molecule has 3 atom stereocenters. The Morgan fingerprint density at radius 1 is 0.474 bits per heavy atom. The molecule has 0 saturated carbocycles. The van der Waals surface area contributed by atoms with Gasteiger partial charge in [0.1, 0.15) is 82.0 Å². The normalized spacial score (nSPS) is 13.3. The molecule has 5 N–H and O–H groups in total. The molecular formula is C67H49F9N10O8S3. The van der Waals surface area contributed by atoms with Crippen molar-refractivity contribution in [2.24, 2.45) is 5.73 Å². The lowest BCUT2D eigenvalue weighted by molar-refractivity contribution is 0.0592. The molecule has 97 heavy (non-hydrogen) atoms. The Bertz CT molecular complexity index is 5460. The molecule has 3 unspecified atom stereocenters. The van der Waals surface area contributed by atoms with Crippen LogP contribution < -0.4 is 16.8 Å². The van der Waals surface area contributed by atoms with Crippen LogP contribution in [0.1, 0.15) is 82.3 Å². The number of fused-ring (bicyclic) bond motifs is 4. The molecule has 0 fully saturated rings. The Morgan fingerprint density at radius 2 is 0.814 bits per heavy atom. The molecule has 30 heteroatoms. The Kier molecular flexibility index (Phi) is 18.8. The first-order chi connectivity index (χ1) is 45.5. The van der Waals surface area contributed by atoms with E-state index in [1.54, 1.807) is 26.0 Å². The van der Waals surface area contributed by atoms with Crippen molar-refractivity contribution in [2.75, 3.05) is 29.8 Å². The van der Waals surface area contributed by atoms with Gasteiger partial charge < -0.3 is 16.8 Å². The molecule has 18 nitrogen and oxygen atoms in total. The number of hydrogen-bond acceptors (Lipinski definition) is 17. The number of rotatable bonds is 12. The maximum atomic E-state index is 14.3. The number of carbonyl (C=O) groups is 2.